The maximum absolute atomic E-state index is 13.3. The molecule has 4 aromatic carbocycles. The Hall–Kier alpha value is -3.92. The molecule has 33 heavy (non-hydrogen) atoms. The van der Waals surface area contributed by atoms with Gasteiger partial charge in [-0.2, -0.15) is 0 Å². The number of nitrogens with one attached hydrogen (secondary N) is 1. The zero-order valence-electron chi connectivity index (χ0n) is 18.6. The summed E-state index contributed by atoms with van der Waals surface area (Å²) in [5.74, 6) is -1.24. The number of hydrogen-bond donors (Lipinski definition) is 2. The summed E-state index contributed by atoms with van der Waals surface area (Å²) in [6.07, 6.45) is 1.20. The Morgan fingerprint density at radius 1 is 0.848 bits per heavy atom. The molecule has 0 fully saturated rings. The van der Waals surface area contributed by atoms with Gasteiger partial charge in [0.2, 0.25) is 5.91 Å². The third-order valence-electron chi connectivity index (χ3n) is 5.99. The van der Waals surface area contributed by atoms with Gasteiger partial charge in [0.25, 0.3) is 0 Å². The molecule has 0 heterocycles. The Labute approximate surface area is 193 Å². The minimum Gasteiger partial charge on any atom is -0.481 e. The van der Waals surface area contributed by atoms with Gasteiger partial charge in [-0.3, -0.25) is 9.59 Å². The zero-order chi connectivity index (χ0) is 23.2. The van der Waals surface area contributed by atoms with Crippen LogP contribution < -0.4 is 5.32 Å². The van der Waals surface area contributed by atoms with Crippen molar-refractivity contribution in [1.82, 2.24) is 0 Å². The molecule has 0 aromatic heterocycles. The second kappa shape index (κ2) is 10.1. The number of aryl methyl sites for hydroxylation is 1. The van der Waals surface area contributed by atoms with Crippen molar-refractivity contribution in [3.8, 4) is 11.1 Å². The average molecular weight is 438 g/mol. The zero-order valence-corrected chi connectivity index (χ0v) is 18.6. The molecule has 0 radical (unpaired) electrons. The molecule has 0 bridgehead atoms. The molecule has 0 saturated heterocycles. The van der Waals surface area contributed by atoms with Crippen molar-refractivity contribution in [2.75, 3.05) is 5.32 Å². The lowest BCUT2D eigenvalue weighted by Crippen LogP contribution is -2.20. The highest BCUT2D eigenvalue weighted by Gasteiger charge is 2.19. The van der Waals surface area contributed by atoms with E-state index in [1.54, 1.807) is 0 Å². The summed E-state index contributed by atoms with van der Waals surface area (Å²) >= 11 is 0. The van der Waals surface area contributed by atoms with Crippen molar-refractivity contribution in [3.63, 3.8) is 0 Å². The number of fused-ring (bicyclic) bond motifs is 1. The van der Waals surface area contributed by atoms with Crippen LogP contribution in [0.2, 0.25) is 0 Å². The predicted octanol–water partition coefficient (Wildman–Crippen LogP) is 6.66. The van der Waals surface area contributed by atoms with Gasteiger partial charge in [-0.1, -0.05) is 84.9 Å². The highest BCUT2D eigenvalue weighted by Crippen LogP contribution is 2.30. The third kappa shape index (κ3) is 5.29. The van der Waals surface area contributed by atoms with Gasteiger partial charge in [0.05, 0.1) is 5.92 Å². The molecular weight excluding hydrogens is 410 g/mol. The maximum Gasteiger partial charge on any atom is 0.303 e. The topological polar surface area (TPSA) is 66.4 Å². The van der Waals surface area contributed by atoms with E-state index in [1.165, 1.54) is 0 Å². The number of benzene rings is 4. The number of anilines is 1. The quantitative estimate of drug-likeness (QED) is 0.324. The molecule has 4 aromatic rings. The highest BCUT2D eigenvalue weighted by molar-refractivity contribution is 6.00. The summed E-state index contributed by atoms with van der Waals surface area (Å²) < 4.78 is 0. The SMILES string of the molecule is CC(C(=O)Nc1cc(-c2ccccc2)ccc1CCCC(=O)O)c1cccc2ccccc12. The van der Waals surface area contributed by atoms with Crippen LogP contribution in [-0.4, -0.2) is 17.0 Å². The van der Waals surface area contributed by atoms with E-state index in [2.05, 4.69) is 5.32 Å². The van der Waals surface area contributed by atoms with Crippen LogP contribution in [0.25, 0.3) is 21.9 Å². The van der Waals surface area contributed by atoms with E-state index in [4.69, 9.17) is 5.11 Å². The van der Waals surface area contributed by atoms with Gasteiger partial charge in [0.1, 0.15) is 0 Å². The summed E-state index contributed by atoms with van der Waals surface area (Å²) in [5, 5.41) is 14.3. The summed E-state index contributed by atoms with van der Waals surface area (Å²) in [6.45, 7) is 1.92. The average Bonchev–Trinajstić information content (AvgIpc) is 2.84. The summed E-state index contributed by atoms with van der Waals surface area (Å²) in [7, 11) is 0. The lowest BCUT2D eigenvalue weighted by molar-refractivity contribution is -0.137. The van der Waals surface area contributed by atoms with Gasteiger partial charge in [0, 0.05) is 12.1 Å². The van der Waals surface area contributed by atoms with Crippen LogP contribution >= 0.6 is 0 Å². The highest BCUT2D eigenvalue weighted by atomic mass is 16.4. The fourth-order valence-corrected chi connectivity index (χ4v) is 4.16. The molecule has 2 N–H and O–H groups in total. The van der Waals surface area contributed by atoms with Crippen molar-refractivity contribution < 1.29 is 14.7 Å². The molecule has 1 unspecified atom stereocenters. The van der Waals surface area contributed by atoms with Crippen LogP contribution in [-0.2, 0) is 16.0 Å². The smallest absolute Gasteiger partial charge is 0.303 e. The molecule has 4 nitrogen and oxygen atoms in total. The molecule has 4 rings (SSSR count). The Kier molecular flexibility index (Phi) is 6.84. The van der Waals surface area contributed by atoms with Gasteiger partial charge in [-0.05, 0) is 58.9 Å². The van der Waals surface area contributed by atoms with Gasteiger partial charge >= 0.3 is 5.97 Å². The van der Waals surface area contributed by atoms with Crippen LogP contribution in [0.5, 0.6) is 0 Å². The normalized spacial score (nSPS) is 11.8. The van der Waals surface area contributed by atoms with Crippen molar-refractivity contribution in [2.45, 2.75) is 32.1 Å². The minimum absolute atomic E-state index is 0.0870. The van der Waals surface area contributed by atoms with Crippen LogP contribution in [0, 0.1) is 0 Å². The standard InChI is InChI=1S/C29H27NO3/c1-20(25-15-7-12-22-11-5-6-14-26(22)25)29(33)30-27-19-24(21-9-3-2-4-10-21)18-17-23(27)13-8-16-28(31)32/h2-7,9-12,14-15,17-20H,8,13,16H2,1H3,(H,30,33)(H,31,32). The van der Waals surface area contributed by atoms with Crippen LogP contribution in [0.1, 0.15) is 36.8 Å². The van der Waals surface area contributed by atoms with E-state index >= 15 is 0 Å². The Morgan fingerprint density at radius 3 is 2.36 bits per heavy atom. The lowest BCUT2D eigenvalue weighted by atomic mass is 9.93. The summed E-state index contributed by atoms with van der Waals surface area (Å²) in [5.41, 5.74) is 4.73. The number of carboxylic acids is 1. The molecular formula is C29H27NO3. The minimum atomic E-state index is -0.814. The number of carbonyl (C=O) groups excluding carboxylic acids is 1. The third-order valence-corrected chi connectivity index (χ3v) is 5.99. The number of carbonyl (C=O) groups is 2. The number of rotatable bonds is 8. The molecule has 0 aliphatic heterocycles. The van der Waals surface area contributed by atoms with Crippen LogP contribution in [0.3, 0.4) is 0 Å². The first-order valence-electron chi connectivity index (χ1n) is 11.2. The summed E-state index contributed by atoms with van der Waals surface area (Å²) in [4.78, 5) is 24.3. The van der Waals surface area contributed by atoms with E-state index in [-0.39, 0.29) is 18.2 Å². The molecule has 4 heteroatoms. The van der Waals surface area contributed by atoms with E-state index < -0.39 is 5.97 Å². The Bertz CT molecular complexity index is 1280. The number of hydrogen-bond acceptors (Lipinski definition) is 2. The van der Waals surface area contributed by atoms with Crippen LogP contribution in [0.15, 0.2) is 91.0 Å². The van der Waals surface area contributed by atoms with Crippen LogP contribution in [0.4, 0.5) is 5.69 Å². The largest absolute Gasteiger partial charge is 0.481 e. The van der Waals surface area contributed by atoms with Gasteiger partial charge < -0.3 is 10.4 Å². The van der Waals surface area contributed by atoms with E-state index in [0.717, 1.165) is 38.7 Å². The molecule has 0 saturated carbocycles. The first kappa shape index (κ1) is 22.3. The molecule has 166 valence electrons. The number of amides is 1. The van der Waals surface area contributed by atoms with Crippen molar-refractivity contribution in [2.24, 2.45) is 0 Å². The first-order chi connectivity index (χ1) is 16.0. The Morgan fingerprint density at radius 2 is 1.58 bits per heavy atom. The monoisotopic (exact) mass is 437 g/mol. The van der Waals surface area contributed by atoms with Gasteiger partial charge in [0.15, 0.2) is 0 Å². The van der Waals surface area contributed by atoms with Crippen molar-refractivity contribution in [3.05, 3.63) is 102 Å². The molecule has 0 spiro atoms. The second-order valence-corrected chi connectivity index (χ2v) is 8.26. The van der Waals surface area contributed by atoms with Crippen molar-refractivity contribution >= 4 is 28.3 Å². The van der Waals surface area contributed by atoms with E-state index in [1.807, 2.05) is 97.9 Å². The second-order valence-electron chi connectivity index (χ2n) is 8.26. The molecule has 1 amide bonds. The fourth-order valence-electron chi connectivity index (χ4n) is 4.16. The predicted molar refractivity (Wildman–Crippen MR) is 133 cm³/mol. The summed E-state index contributed by atoms with van der Waals surface area (Å²) in [6, 6.07) is 30.1. The van der Waals surface area contributed by atoms with Gasteiger partial charge in [-0.15, -0.1) is 0 Å². The number of aliphatic carboxylic acids is 1. The maximum atomic E-state index is 13.3. The lowest BCUT2D eigenvalue weighted by Gasteiger charge is -2.18. The number of carboxylic acid groups (broad SMARTS) is 1. The van der Waals surface area contributed by atoms with E-state index in [9.17, 15) is 9.59 Å². The Balaban J connectivity index is 1.63. The fraction of sp³-hybridized carbons (Fsp3) is 0.172. The van der Waals surface area contributed by atoms with Gasteiger partial charge in [-0.25, -0.2) is 0 Å². The molecule has 0 aliphatic rings. The molecule has 0 aliphatic carbocycles. The van der Waals surface area contributed by atoms with Crippen molar-refractivity contribution in [1.29, 1.82) is 0 Å². The first-order valence-corrected chi connectivity index (χ1v) is 11.2. The molecule has 1 atom stereocenters. The van der Waals surface area contributed by atoms with E-state index in [0.29, 0.717) is 12.8 Å².